The molecule has 0 bridgehead atoms. The SMILES string of the molecule is CC(C)N(CC(=O)c1ccc(Br)cc1)C(C)C. The highest BCUT2D eigenvalue weighted by molar-refractivity contribution is 9.10. The molecule has 0 saturated carbocycles. The van der Waals surface area contributed by atoms with Crippen molar-refractivity contribution in [3.05, 3.63) is 34.3 Å². The molecule has 0 atom stereocenters. The first-order valence-corrected chi connectivity index (χ1v) is 6.75. The van der Waals surface area contributed by atoms with E-state index >= 15 is 0 Å². The first-order chi connectivity index (χ1) is 7.91. The second-order valence-corrected chi connectivity index (χ2v) is 5.71. The Morgan fingerprint density at radius 1 is 1.12 bits per heavy atom. The molecular weight excluding hydrogens is 278 g/mol. The lowest BCUT2D eigenvalue weighted by molar-refractivity contribution is 0.0866. The summed E-state index contributed by atoms with van der Waals surface area (Å²) in [6, 6.07) is 8.31. The normalized spacial score (nSPS) is 11.5. The molecule has 0 unspecified atom stereocenters. The molecule has 0 aliphatic carbocycles. The van der Waals surface area contributed by atoms with Gasteiger partial charge in [0, 0.05) is 22.1 Å². The van der Waals surface area contributed by atoms with Gasteiger partial charge in [0.2, 0.25) is 0 Å². The van der Waals surface area contributed by atoms with Gasteiger partial charge in [-0.15, -0.1) is 0 Å². The minimum Gasteiger partial charge on any atom is -0.293 e. The van der Waals surface area contributed by atoms with Crippen LogP contribution in [0.25, 0.3) is 0 Å². The summed E-state index contributed by atoms with van der Waals surface area (Å²) in [7, 11) is 0. The maximum atomic E-state index is 12.1. The minimum atomic E-state index is 0.180. The predicted octanol–water partition coefficient (Wildman–Crippen LogP) is 3.75. The Balaban J connectivity index is 2.74. The lowest BCUT2D eigenvalue weighted by atomic mass is 10.1. The van der Waals surface area contributed by atoms with E-state index in [1.165, 1.54) is 0 Å². The Labute approximate surface area is 112 Å². The summed E-state index contributed by atoms with van der Waals surface area (Å²) in [5.74, 6) is 0.180. The number of halogens is 1. The molecule has 0 aromatic heterocycles. The van der Waals surface area contributed by atoms with Crippen molar-refractivity contribution in [3.8, 4) is 0 Å². The van der Waals surface area contributed by atoms with Crippen molar-refractivity contribution >= 4 is 21.7 Å². The summed E-state index contributed by atoms with van der Waals surface area (Å²) in [4.78, 5) is 14.3. The Kier molecular flexibility index (Phi) is 5.34. The Morgan fingerprint density at radius 3 is 2.00 bits per heavy atom. The molecule has 3 heteroatoms. The second kappa shape index (κ2) is 6.31. The molecule has 1 rings (SSSR count). The molecule has 1 aromatic carbocycles. The van der Waals surface area contributed by atoms with Gasteiger partial charge >= 0.3 is 0 Å². The third kappa shape index (κ3) is 4.25. The molecule has 0 spiro atoms. The van der Waals surface area contributed by atoms with Crippen LogP contribution in [0.1, 0.15) is 38.1 Å². The summed E-state index contributed by atoms with van der Waals surface area (Å²) < 4.78 is 0.999. The molecule has 17 heavy (non-hydrogen) atoms. The zero-order valence-electron chi connectivity index (χ0n) is 10.9. The van der Waals surface area contributed by atoms with Gasteiger partial charge in [-0.25, -0.2) is 0 Å². The monoisotopic (exact) mass is 297 g/mol. The van der Waals surface area contributed by atoms with Crippen LogP contribution in [0.3, 0.4) is 0 Å². The standard InChI is InChI=1S/C14H20BrNO/c1-10(2)16(11(3)4)9-14(17)12-5-7-13(15)8-6-12/h5-8,10-11H,9H2,1-4H3. The highest BCUT2D eigenvalue weighted by atomic mass is 79.9. The lowest BCUT2D eigenvalue weighted by Gasteiger charge is -2.29. The zero-order valence-corrected chi connectivity index (χ0v) is 12.5. The van der Waals surface area contributed by atoms with E-state index in [0.29, 0.717) is 18.6 Å². The molecule has 0 saturated heterocycles. The van der Waals surface area contributed by atoms with Crippen LogP contribution in [0, 0.1) is 0 Å². The number of hydrogen-bond acceptors (Lipinski definition) is 2. The van der Waals surface area contributed by atoms with Gasteiger partial charge in [0.25, 0.3) is 0 Å². The number of carbonyl (C=O) groups excluding carboxylic acids is 1. The van der Waals surface area contributed by atoms with Gasteiger partial charge in [0.1, 0.15) is 0 Å². The van der Waals surface area contributed by atoms with Crippen molar-refractivity contribution in [2.45, 2.75) is 39.8 Å². The maximum Gasteiger partial charge on any atom is 0.176 e. The smallest absolute Gasteiger partial charge is 0.176 e. The fourth-order valence-corrected chi connectivity index (χ4v) is 2.12. The molecule has 0 amide bonds. The molecule has 0 N–H and O–H groups in total. The molecule has 0 heterocycles. The van der Waals surface area contributed by atoms with E-state index < -0.39 is 0 Å². The summed E-state index contributed by atoms with van der Waals surface area (Å²) in [6.45, 7) is 8.96. The quantitative estimate of drug-likeness (QED) is 0.772. The number of Topliss-reactive ketones (excluding diaryl/α,β-unsaturated/α-hetero) is 1. The van der Waals surface area contributed by atoms with Crippen molar-refractivity contribution < 1.29 is 4.79 Å². The zero-order chi connectivity index (χ0) is 13.0. The Morgan fingerprint density at radius 2 is 1.59 bits per heavy atom. The fraction of sp³-hybridized carbons (Fsp3) is 0.500. The first-order valence-electron chi connectivity index (χ1n) is 5.96. The van der Waals surface area contributed by atoms with Gasteiger partial charge in [-0.1, -0.05) is 28.1 Å². The van der Waals surface area contributed by atoms with Gasteiger partial charge in [-0.3, -0.25) is 9.69 Å². The van der Waals surface area contributed by atoms with Gasteiger partial charge in [-0.05, 0) is 39.8 Å². The van der Waals surface area contributed by atoms with E-state index in [1.54, 1.807) is 0 Å². The third-order valence-electron chi connectivity index (χ3n) is 2.82. The highest BCUT2D eigenvalue weighted by Gasteiger charge is 2.17. The molecule has 0 fully saturated rings. The average Bonchev–Trinajstić information content (AvgIpc) is 2.25. The van der Waals surface area contributed by atoms with Gasteiger partial charge in [0.15, 0.2) is 5.78 Å². The largest absolute Gasteiger partial charge is 0.293 e. The molecule has 94 valence electrons. The van der Waals surface area contributed by atoms with Crippen molar-refractivity contribution in [1.29, 1.82) is 0 Å². The number of ketones is 1. The van der Waals surface area contributed by atoms with Crippen LogP contribution in [0.5, 0.6) is 0 Å². The van der Waals surface area contributed by atoms with Crippen LogP contribution < -0.4 is 0 Å². The summed E-state index contributed by atoms with van der Waals surface area (Å²) >= 11 is 3.37. The van der Waals surface area contributed by atoms with Crippen LogP contribution >= 0.6 is 15.9 Å². The van der Waals surface area contributed by atoms with Gasteiger partial charge in [-0.2, -0.15) is 0 Å². The molecular formula is C14H20BrNO. The van der Waals surface area contributed by atoms with E-state index in [-0.39, 0.29) is 5.78 Å². The number of benzene rings is 1. The van der Waals surface area contributed by atoms with Crippen LogP contribution in [0.15, 0.2) is 28.7 Å². The molecule has 1 aromatic rings. The fourth-order valence-electron chi connectivity index (χ4n) is 1.85. The van der Waals surface area contributed by atoms with E-state index in [1.807, 2.05) is 24.3 Å². The third-order valence-corrected chi connectivity index (χ3v) is 3.35. The summed E-state index contributed by atoms with van der Waals surface area (Å²) in [5, 5.41) is 0. The van der Waals surface area contributed by atoms with E-state index in [9.17, 15) is 4.79 Å². The van der Waals surface area contributed by atoms with Crippen LogP contribution in [0.4, 0.5) is 0 Å². The average molecular weight is 298 g/mol. The number of nitrogens with zero attached hydrogens (tertiary/aromatic N) is 1. The van der Waals surface area contributed by atoms with E-state index in [0.717, 1.165) is 10.0 Å². The first kappa shape index (κ1) is 14.4. The predicted molar refractivity (Wildman–Crippen MR) is 75.5 cm³/mol. The lowest BCUT2D eigenvalue weighted by Crippen LogP contribution is -2.40. The van der Waals surface area contributed by atoms with Gasteiger partial charge in [0.05, 0.1) is 6.54 Å². The second-order valence-electron chi connectivity index (χ2n) is 4.79. The highest BCUT2D eigenvalue weighted by Crippen LogP contribution is 2.13. The van der Waals surface area contributed by atoms with Crippen molar-refractivity contribution in [3.63, 3.8) is 0 Å². The topological polar surface area (TPSA) is 20.3 Å². The summed E-state index contributed by atoms with van der Waals surface area (Å²) in [5.41, 5.74) is 0.777. The van der Waals surface area contributed by atoms with Crippen LogP contribution in [-0.2, 0) is 0 Å². The van der Waals surface area contributed by atoms with Gasteiger partial charge < -0.3 is 0 Å². The number of hydrogen-bond donors (Lipinski definition) is 0. The Bertz CT molecular complexity index is 362. The van der Waals surface area contributed by atoms with Crippen molar-refractivity contribution in [2.24, 2.45) is 0 Å². The Hall–Kier alpha value is -0.670. The molecule has 0 aliphatic heterocycles. The van der Waals surface area contributed by atoms with Crippen molar-refractivity contribution in [2.75, 3.05) is 6.54 Å². The number of rotatable bonds is 5. The minimum absolute atomic E-state index is 0.180. The van der Waals surface area contributed by atoms with E-state index in [2.05, 4.69) is 48.5 Å². The summed E-state index contributed by atoms with van der Waals surface area (Å²) in [6.07, 6.45) is 0. The van der Waals surface area contributed by atoms with Crippen LogP contribution in [0.2, 0.25) is 0 Å². The molecule has 2 nitrogen and oxygen atoms in total. The molecule has 0 aliphatic rings. The number of carbonyl (C=O) groups is 1. The van der Waals surface area contributed by atoms with Crippen molar-refractivity contribution in [1.82, 2.24) is 4.90 Å². The maximum absolute atomic E-state index is 12.1. The molecule has 0 radical (unpaired) electrons. The van der Waals surface area contributed by atoms with Crippen LogP contribution in [-0.4, -0.2) is 29.3 Å². The van der Waals surface area contributed by atoms with E-state index in [4.69, 9.17) is 0 Å².